The lowest BCUT2D eigenvalue weighted by Gasteiger charge is -2.24. The topological polar surface area (TPSA) is 26.0 Å². The fourth-order valence-corrected chi connectivity index (χ4v) is 2.72. The third-order valence-corrected chi connectivity index (χ3v) is 3.27. The fourth-order valence-electron chi connectivity index (χ4n) is 2.13. The fraction of sp³-hybridized carbons (Fsp3) is 0.455. The molecule has 0 aliphatic heterocycles. The summed E-state index contributed by atoms with van der Waals surface area (Å²) < 4.78 is 1.15. The summed E-state index contributed by atoms with van der Waals surface area (Å²) in [6.07, 6.45) is 3.56. The average molecular weight is 277 g/mol. The highest BCUT2D eigenvalue weighted by atomic mass is 79.9. The first-order chi connectivity index (χ1) is 6.18. The molecular weight excluding hydrogens is 261 g/mol. The average Bonchev–Trinajstić information content (AvgIpc) is 2.07. The summed E-state index contributed by atoms with van der Waals surface area (Å²) in [5.41, 5.74) is 10.3. The van der Waals surface area contributed by atoms with E-state index in [1.54, 1.807) is 0 Å². The zero-order valence-electron chi connectivity index (χ0n) is 8.22. The number of rotatable bonds is 0. The van der Waals surface area contributed by atoms with Crippen LogP contribution in [-0.4, -0.2) is 0 Å². The largest absolute Gasteiger partial charge is 0.324 e. The zero-order valence-corrected chi connectivity index (χ0v) is 10.6. The minimum atomic E-state index is 0. The number of nitrogens with two attached hydrogens (primary N) is 1. The lowest BCUT2D eigenvalue weighted by molar-refractivity contribution is 0.568. The van der Waals surface area contributed by atoms with Gasteiger partial charge in [0.15, 0.2) is 0 Å². The summed E-state index contributed by atoms with van der Waals surface area (Å²) in [5.74, 6) is 0. The van der Waals surface area contributed by atoms with Gasteiger partial charge in [-0.05, 0) is 55.0 Å². The molecule has 0 aromatic heterocycles. The van der Waals surface area contributed by atoms with Crippen LogP contribution in [-0.2, 0) is 6.42 Å². The van der Waals surface area contributed by atoms with Crippen LogP contribution in [0.4, 0.5) is 0 Å². The molecule has 0 radical (unpaired) electrons. The van der Waals surface area contributed by atoms with Crippen molar-refractivity contribution < 1.29 is 0 Å². The van der Waals surface area contributed by atoms with Gasteiger partial charge in [-0.15, -0.1) is 12.4 Å². The van der Waals surface area contributed by atoms with Gasteiger partial charge in [0.05, 0.1) is 0 Å². The van der Waals surface area contributed by atoms with Crippen LogP contribution >= 0.6 is 28.3 Å². The molecule has 1 unspecified atom stereocenters. The van der Waals surface area contributed by atoms with E-state index in [9.17, 15) is 0 Å². The van der Waals surface area contributed by atoms with Gasteiger partial charge in [0, 0.05) is 10.5 Å². The minimum absolute atomic E-state index is 0. The van der Waals surface area contributed by atoms with Crippen LogP contribution in [0.3, 0.4) is 0 Å². The molecule has 0 amide bonds. The van der Waals surface area contributed by atoms with Crippen molar-refractivity contribution in [2.24, 2.45) is 5.73 Å². The minimum Gasteiger partial charge on any atom is -0.324 e. The lowest BCUT2D eigenvalue weighted by atomic mass is 9.86. The quantitative estimate of drug-likeness (QED) is 0.771. The molecule has 1 aromatic rings. The highest BCUT2D eigenvalue weighted by molar-refractivity contribution is 9.10. The Morgan fingerprint density at radius 3 is 2.86 bits per heavy atom. The Kier molecular flexibility index (Phi) is 3.99. The van der Waals surface area contributed by atoms with Gasteiger partial charge in [0.25, 0.3) is 0 Å². The number of hydrogen-bond donors (Lipinski definition) is 1. The van der Waals surface area contributed by atoms with Crippen LogP contribution in [0.15, 0.2) is 16.6 Å². The molecule has 1 aromatic carbocycles. The van der Waals surface area contributed by atoms with Crippen LogP contribution in [0.25, 0.3) is 0 Å². The SMILES string of the molecule is Cc1cc(Br)cc2c1CCCC2N.Cl. The molecular formula is C11H15BrClN. The third-order valence-electron chi connectivity index (χ3n) is 2.81. The lowest BCUT2D eigenvalue weighted by Crippen LogP contribution is -2.18. The Labute approximate surface area is 99.6 Å². The van der Waals surface area contributed by atoms with Gasteiger partial charge >= 0.3 is 0 Å². The van der Waals surface area contributed by atoms with E-state index in [2.05, 4.69) is 35.0 Å². The van der Waals surface area contributed by atoms with Crippen molar-refractivity contribution in [3.63, 3.8) is 0 Å². The number of aryl methyl sites for hydroxylation is 1. The summed E-state index contributed by atoms with van der Waals surface area (Å²) in [4.78, 5) is 0. The molecule has 3 heteroatoms. The monoisotopic (exact) mass is 275 g/mol. The molecule has 2 N–H and O–H groups in total. The van der Waals surface area contributed by atoms with Crippen molar-refractivity contribution in [2.75, 3.05) is 0 Å². The maximum Gasteiger partial charge on any atom is 0.0298 e. The molecule has 0 fully saturated rings. The molecule has 1 nitrogen and oxygen atoms in total. The molecule has 78 valence electrons. The third kappa shape index (κ3) is 2.13. The summed E-state index contributed by atoms with van der Waals surface area (Å²) in [7, 11) is 0. The van der Waals surface area contributed by atoms with Gasteiger partial charge < -0.3 is 5.73 Å². The van der Waals surface area contributed by atoms with Crippen molar-refractivity contribution in [3.8, 4) is 0 Å². The molecule has 0 bridgehead atoms. The molecule has 0 spiro atoms. The number of fused-ring (bicyclic) bond motifs is 1. The van der Waals surface area contributed by atoms with Gasteiger partial charge in [0.2, 0.25) is 0 Å². The van der Waals surface area contributed by atoms with E-state index >= 15 is 0 Å². The van der Waals surface area contributed by atoms with Gasteiger partial charge in [-0.25, -0.2) is 0 Å². The Morgan fingerprint density at radius 2 is 2.14 bits per heavy atom. The number of hydrogen-bond acceptors (Lipinski definition) is 1. The van der Waals surface area contributed by atoms with E-state index in [0.717, 1.165) is 10.9 Å². The van der Waals surface area contributed by atoms with E-state index in [1.165, 1.54) is 29.5 Å². The molecule has 1 aliphatic rings. The Morgan fingerprint density at radius 1 is 1.43 bits per heavy atom. The zero-order chi connectivity index (χ0) is 9.42. The second-order valence-corrected chi connectivity index (χ2v) is 4.70. The summed E-state index contributed by atoms with van der Waals surface area (Å²) in [6.45, 7) is 2.17. The number of halogens is 2. The predicted octanol–water partition coefficient (Wildman–Crippen LogP) is 3.52. The van der Waals surface area contributed by atoms with E-state index < -0.39 is 0 Å². The molecule has 2 rings (SSSR count). The van der Waals surface area contributed by atoms with Crippen molar-refractivity contribution in [1.82, 2.24) is 0 Å². The highest BCUT2D eigenvalue weighted by Gasteiger charge is 2.18. The Bertz CT molecular complexity index is 338. The molecule has 0 saturated carbocycles. The molecule has 1 aliphatic carbocycles. The first kappa shape index (κ1) is 12.0. The van der Waals surface area contributed by atoms with Crippen LogP contribution < -0.4 is 5.73 Å². The van der Waals surface area contributed by atoms with Crippen molar-refractivity contribution in [3.05, 3.63) is 33.3 Å². The highest BCUT2D eigenvalue weighted by Crippen LogP contribution is 2.32. The molecule has 14 heavy (non-hydrogen) atoms. The standard InChI is InChI=1S/C11H14BrN.ClH/c1-7-5-8(12)6-10-9(7)3-2-4-11(10)13;/h5-6,11H,2-4,13H2,1H3;1H. The molecule has 0 heterocycles. The normalized spacial score (nSPS) is 19.8. The van der Waals surface area contributed by atoms with Crippen molar-refractivity contribution in [2.45, 2.75) is 32.2 Å². The summed E-state index contributed by atoms with van der Waals surface area (Å²) >= 11 is 3.51. The van der Waals surface area contributed by atoms with Crippen LogP contribution in [0.2, 0.25) is 0 Å². The first-order valence-corrected chi connectivity index (χ1v) is 5.52. The van der Waals surface area contributed by atoms with E-state index in [4.69, 9.17) is 5.73 Å². The maximum absolute atomic E-state index is 6.06. The predicted molar refractivity (Wildman–Crippen MR) is 66.0 cm³/mol. The van der Waals surface area contributed by atoms with Crippen LogP contribution in [0.1, 0.15) is 35.6 Å². The molecule has 1 atom stereocenters. The van der Waals surface area contributed by atoms with Crippen molar-refractivity contribution >= 4 is 28.3 Å². The van der Waals surface area contributed by atoms with Crippen molar-refractivity contribution in [1.29, 1.82) is 0 Å². The van der Waals surface area contributed by atoms with E-state index in [1.807, 2.05) is 0 Å². The summed E-state index contributed by atoms with van der Waals surface area (Å²) in [5, 5.41) is 0. The Balaban J connectivity index is 0.000000980. The van der Waals surface area contributed by atoms with E-state index in [0.29, 0.717) is 0 Å². The van der Waals surface area contributed by atoms with Crippen LogP contribution in [0.5, 0.6) is 0 Å². The van der Waals surface area contributed by atoms with Gasteiger partial charge in [0.1, 0.15) is 0 Å². The van der Waals surface area contributed by atoms with E-state index in [-0.39, 0.29) is 18.4 Å². The Hall–Kier alpha value is -0.0500. The number of benzene rings is 1. The summed E-state index contributed by atoms with van der Waals surface area (Å²) in [6, 6.07) is 4.60. The first-order valence-electron chi connectivity index (χ1n) is 4.73. The second kappa shape index (κ2) is 4.65. The van der Waals surface area contributed by atoms with Gasteiger partial charge in [-0.3, -0.25) is 0 Å². The van der Waals surface area contributed by atoms with Gasteiger partial charge in [-0.1, -0.05) is 15.9 Å². The maximum atomic E-state index is 6.06. The molecule has 0 saturated heterocycles. The van der Waals surface area contributed by atoms with Gasteiger partial charge in [-0.2, -0.15) is 0 Å². The smallest absolute Gasteiger partial charge is 0.0298 e. The second-order valence-electron chi connectivity index (χ2n) is 3.79. The van der Waals surface area contributed by atoms with Crippen LogP contribution in [0, 0.1) is 6.92 Å².